The fourth-order valence-electron chi connectivity index (χ4n) is 4.01. The van der Waals surface area contributed by atoms with Gasteiger partial charge in [-0.1, -0.05) is 0 Å². The third kappa shape index (κ3) is 3.07. The average Bonchev–Trinajstić information content (AvgIpc) is 2.93. The minimum Gasteiger partial charge on any atom is -0.389 e. The van der Waals surface area contributed by atoms with Crippen molar-refractivity contribution in [3.8, 4) is 0 Å². The molecule has 23 heavy (non-hydrogen) atoms. The van der Waals surface area contributed by atoms with Gasteiger partial charge in [-0.25, -0.2) is 4.68 Å². The van der Waals surface area contributed by atoms with Crippen LogP contribution in [0.1, 0.15) is 43.4 Å². The largest absolute Gasteiger partial charge is 0.389 e. The highest BCUT2D eigenvalue weighted by molar-refractivity contribution is 5.18. The van der Waals surface area contributed by atoms with Crippen LogP contribution in [0.25, 0.3) is 0 Å². The van der Waals surface area contributed by atoms with E-state index in [9.17, 15) is 9.90 Å². The fraction of sp³-hybridized carbons (Fsp3) is 0.765. The van der Waals surface area contributed by atoms with Gasteiger partial charge in [0.2, 0.25) is 0 Å². The summed E-state index contributed by atoms with van der Waals surface area (Å²) in [5.74, 6) is 0. The smallest absolute Gasteiger partial charge is 0.267 e. The van der Waals surface area contributed by atoms with Crippen molar-refractivity contribution in [2.24, 2.45) is 0 Å². The third-order valence-corrected chi connectivity index (χ3v) is 5.57. The van der Waals surface area contributed by atoms with E-state index >= 15 is 0 Å². The predicted octanol–water partition coefficient (Wildman–Crippen LogP) is 0.695. The fourth-order valence-corrected chi connectivity index (χ4v) is 4.01. The van der Waals surface area contributed by atoms with E-state index in [4.69, 9.17) is 4.74 Å². The van der Waals surface area contributed by atoms with Crippen molar-refractivity contribution in [2.75, 3.05) is 19.7 Å². The Kier molecular flexibility index (Phi) is 3.99. The molecule has 1 N–H and O–H groups in total. The monoisotopic (exact) mass is 319 g/mol. The van der Waals surface area contributed by atoms with Crippen molar-refractivity contribution in [1.82, 2.24) is 14.7 Å². The van der Waals surface area contributed by atoms with Crippen molar-refractivity contribution in [3.63, 3.8) is 0 Å². The molecule has 6 nitrogen and oxygen atoms in total. The predicted molar refractivity (Wildman–Crippen MR) is 85.3 cm³/mol. The topological polar surface area (TPSA) is 67.6 Å². The number of nitrogens with zero attached hydrogens (tertiary/aromatic N) is 3. The Morgan fingerprint density at radius 2 is 2.26 bits per heavy atom. The van der Waals surface area contributed by atoms with Gasteiger partial charge in [0.25, 0.3) is 5.56 Å². The summed E-state index contributed by atoms with van der Waals surface area (Å²) in [6, 6.07) is 1.99. The molecule has 1 aromatic rings. The van der Waals surface area contributed by atoms with Gasteiger partial charge in [-0.3, -0.25) is 9.69 Å². The molecule has 2 fully saturated rings. The Morgan fingerprint density at radius 1 is 1.39 bits per heavy atom. The molecule has 1 unspecified atom stereocenters. The van der Waals surface area contributed by atoms with E-state index in [1.165, 1.54) is 0 Å². The van der Waals surface area contributed by atoms with E-state index in [1.807, 2.05) is 0 Å². The molecule has 3 heterocycles. The van der Waals surface area contributed by atoms with Crippen LogP contribution in [0.5, 0.6) is 0 Å². The summed E-state index contributed by atoms with van der Waals surface area (Å²) < 4.78 is 7.01. The van der Waals surface area contributed by atoms with E-state index in [1.54, 1.807) is 10.7 Å². The van der Waals surface area contributed by atoms with E-state index < -0.39 is 5.60 Å². The van der Waals surface area contributed by atoms with Gasteiger partial charge >= 0.3 is 0 Å². The number of hydrogen-bond donors (Lipinski definition) is 1. The highest BCUT2D eigenvalue weighted by atomic mass is 16.5. The van der Waals surface area contributed by atoms with Crippen LogP contribution < -0.4 is 5.56 Å². The van der Waals surface area contributed by atoms with Crippen molar-refractivity contribution in [1.29, 1.82) is 0 Å². The molecule has 0 bridgehead atoms. The summed E-state index contributed by atoms with van der Waals surface area (Å²) in [6.07, 6.45) is 5.94. The number of aliphatic hydroxyl groups is 1. The van der Waals surface area contributed by atoms with Gasteiger partial charge in [0, 0.05) is 30.6 Å². The maximum absolute atomic E-state index is 12.3. The highest BCUT2D eigenvalue weighted by Gasteiger charge is 2.39. The van der Waals surface area contributed by atoms with Crippen molar-refractivity contribution in [2.45, 2.75) is 63.3 Å². The number of hydrogen-bond acceptors (Lipinski definition) is 5. The van der Waals surface area contributed by atoms with Crippen molar-refractivity contribution in [3.05, 3.63) is 27.7 Å². The standard InChI is InChI=1S/C17H25N3O3/c21-16-9-13-11-23-8-4-15(13)18-20(16)10-14-3-1-7-19(14)12-17(22)5-2-6-17/h9,14,22H,1-8,10-12H2. The first-order valence-corrected chi connectivity index (χ1v) is 8.77. The summed E-state index contributed by atoms with van der Waals surface area (Å²) in [5.41, 5.74) is 1.40. The van der Waals surface area contributed by atoms with Crippen LogP contribution in [-0.4, -0.2) is 51.1 Å². The summed E-state index contributed by atoms with van der Waals surface area (Å²) in [7, 11) is 0. The molecular formula is C17H25N3O3. The maximum Gasteiger partial charge on any atom is 0.267 e. The van der Waals surface area contributed by atoms with Gasteiger partial charge < -0.3 is 9.84 Å². The lowest BCUT2D eigenvalue weighted by atomic mass is 9.80. The highest BCUT2D eigenvalue weighted by Crippen LogP contribution is 2.34. The van der Waals surface area contributed by atoms with Crippen LogP contribution in [0.4, 0.5) is 0 Å². The van der Waals surface area contributed by atoms with Gasteiger partial charge in [-0.15, -0.1) is 0 Å². The molecule has 6 heteroatoms. The lowest BCUT2D eigenvalue weighted by Gasteiger charge is -2.41. The number of fused-ring (bicyclic) bond motifs is 1. The second kappa shape index (κ2) is 6.00. The van der Waals surface area contributed by atoms with Crippen LogP contribution in [0.3, 0.4) is 0 Å². The zero-order valence-electron chi connectivity index (χ0n) is 13.5. The molecule has 1 atom stereocenters. The molecule has 126 valence electrons. The quantitative estimate of drug-likeness (QED) is 0.885. The van der Waals surface area contributed by atoms with Crippen LogP contribution in [0.15, 0.2) is 10.9 Å². The first-order chi connectivity index (χ1) is 11.1. The first kappa shape index (κ1) is 15.3. The lowest BCUT2D eigenvalue weighted by molar-refractivity contribution is -0.0622. The molecular weight excluding hydrogens is 294 g/mol. The number of likely N-dealkylation sites (tertiary alicyclic amines) is 1. The van der Waals surface area contributed by atoms with Gasteiger partial charge in [0.1, 0.15) is 0 Å². The van der Waals surface area contributed by atoms with Crippen LogP contribution in [0.2, 0.25) is 0 Å². The molecule has 0 amide bonds. The van der Waals surface area contributed by atoms with Crippen LogP contribution in [0, 0.1) is 0 Å². The summed E-state index contributed by atoms with van der Waals surface area (Å²) in [5, 5.41) is 15.0. The molecule has 4 rings (SSSR count). The van der Waals surface area contributed by atoms with Crippen LogP contribution in [-0.2, 0) is 24.3 Å². The average molecular weight is 319 g/mol. The first-order valence-electron chi connectivity index (χ1n) is 8.77. The minimum absolute atomic E-state index is 0.0385. The van der Waals surface area contributed by atoms with Crippen molar-refractivity contribution < 1.29 is 9.84 Å². The van der Waals surface area contributed by atoms with E-state index in [0.29, 0.717) is 25.8 Å². The molecule has 3 aliphatic rings. The molecule has 1 saturated heterocycles. The van der Waals surface area contributed by atoms with E-state index in [0.717, 1.165) is 62.9 Å². The normalized spacial score (nSPS) is 26.7. The summed E-state index contributed by atoms with van der Waals surface area (Å²) in [6.45, 7) is 3.57. The summed E-state index contributed by atoms with van der Waals surface area (Å²) >= 11 is 0. The SMILES string of the molecule is O=c1cc2c(nn1CC1CCCN1CC1(O)CCC1)CCOC2. The third-order valence-electron chi connectivity index (χ3n) is 5.57. The Hall–Kier alpha value is -1.24. The zero-order chi connectivity index (χ0) is 15.9. The molecule has 1 aromatic heterocycles. The van der Waals surface area contributed by atoms with Gasteiger partial charge in [-0.2, -0.15) is 5.10 Å². The number of β-amino-alcohol motifs (C(OH)–C–C–N with tert-alkyl or cyclic N) is 1. The van der Waals surface area contributed by atoms with E-state index in [-0.39, 0.29) is 5.56 Å². The Morgan fingerprint density at radius 3 is 3.04 bits per heavy atom. The Bertz CT molecular complexity index is 638. The molecule has 0 radical (unpaired) electrons. The maximum atomic E-state index is 12.3. The summed E-state index contributed by atoms with van der Waals surface area (Å²) in [4.78, 5) is 14.7. The van der Waals surface area contributed by atoms with Crippen LogP contribution >= 0.6 is 0 Å². The zero-order valence-corrected chi connectivity index (χ0v) is 13.5. The van der Waals surface area contributed by atoms with Crippen molar-refractivity contribution >= 4 is 0 Å². The number of aromatic nitrogens is 2. The Balaban J connectivity index is 1.49. The Labute approximate surface area is 136 Å². The number of rotatable bonds is 4. The second-order valence-corrected chi connectivity index (χ2v) is 7.28. The molecule has 2 aliphatic heterocycles. The molecule has 0 spiro atoms. The number of ether oxygens (including phenoxy) is 1. The lowest BCUT2D eigenvalue weighted by Crippen LogP contribution is -2.50. The molecule has 0 aromatic carbocycles. The second-order valence-electron chi connectivity index (χ2n) is 7.28. The molecule has 1 saturated carbocycles. The van der Waals surface area contributed by atoms with Gasteiger partial charge in [0.15, 0.2) is 0 Å². The van der Waals surface area contributed by atoms with Gasteiger partial charge in [-0.05, 0) is 38.6 Å². The van der Waals surface area contributed by atoms with Gasteiger partial charge in [0.05, 0.1) is 31.1 Å². The van der Waals surface area contributed by atoms with E-state index in [2.05, 4.69) is 10.00 Å². The minimum atomic E-state index is -0.492. The molecule has 1 aliphatic carbocycles.